The van der Waals surface area contributed by atoms with Crippen molar-refractivity contribution in [2.24, 2.45) is 5.73 Å². The molecule has 27 heavy (non-hydrogen) atoms. The minimum absolute atomic E-state index is 0.106. The Labute approximate surface area is 161 Å². The lowest BCUT2D eigenvalue weighted by molar-refractivity contribution is -0.132. The molecule has 2 rings (SSSR count). The number of nitrogens with two attached hydrogens (primary N) is 1. The number of rotatable bonds is 6. The van der Waals surface area contributed by atoms with Crippen molar-refractivity contribution in [1.29, 1.82) is 0 Å². The van der Waals surface area contributed by atoms with E-state index in [-0.39, 0.29) is 11.1 Å². The van der Waals surface area contributed by atoms with E-state index in [0.717, 1.165) is 16.5 Å². The van der Waals surface area contributed by atoms with Crippen LogP contribution in [0, 0.1) is 6.92 Å². The molecule has 0 aliphatic heterocycles. The first-order chi connectivity index (χ1) is 12.6. The maximum Gasteiger partial charge on any atom is 0.331 e. The maximum absolute atomic E-state index is 12.1. The maximum atomic E-state index is 12.1. The summed E-state index contributed by atoms with van der Waals surface area (Å²) in [4.78, 5) is 35.9. The molecule has 1 heterocycles. The van der Waals surface area contributed by atoms with E-state index < -0.39 is 17.8 Å². The van der Waals surface area contributed by atoms with Gasteiger partial charge in [0.2, 0.25) is 5.91 Å². The summed E-state index contributed by atoms with van der Waals surface area (Å²) in [7, 11) is 0. The highest BCUT2D eigenvalue weighted by molar-refractivity contribution is 7.17. The molecule has 0 fully saturated rings. The van der Waals surface area contributed by atoms with Gasteiger partial charge < -0.3 is 16.2 Å². The van der Waals surface area contributed by atoms with E-state index in [4.69, 9.17) is 10.8 Å². The number of carbonyl (C=O) groups is 3. The van der Waals surface area contributed by atoms with Gasteiger partial charge in [0, 0.05) is 22.1 Å². The van der Waals surface area contributed by atoms with Gasteiger partial charge in [0.05, 0.1) is 5.56 Å². The number of aliphatic carboxylic acids is 1. The molecule has 0 bridgehead atoms. The lowest BCUT2D eigenvalue weighted by atomic mass is 9.96. The first kappa shape index (κ1) is 20.4. The van der Waals surface area contributed by atoms with E-state index in [1.165, 1.54) is 23.8 Å². The van der Waals surface area contributed by atoms with Gasteiger partial charge in [-0.05, 0) is 30.9 Å². The first-order valence-electron chi connectivity index (χ1n) is 8.37. The number of benzene rings is 1. The van der Waals surface area contributed by atoms with Crippen molar-refractivity contribution >= 4 is 34.1 Å². The summed E-state index contributed by atoms with van der Waals surface area (Å²) in [5.74, 6) is -2.08. The fourth-order valence-electron chi connectivity index (χ4n) is 2.66. The minimum atomic E-state index is -1.19. The van der Waals surface area contributed by atoms with E-state index in [2.05, 4.69) is 19.2 Å². The molecule has 7 heteroatoms. The van der Waals surface area contributed by atoms with Crippen LogP contribution in [0.4, 0.5) is 5.00 Å². The molecule has 2 amide bonds. The van der Waals surface area contributed by atoms with E-state index in [9.17, 15) is 14.4 Å². The van der Waals surface area contributed by atoms with Gasteiger partial charge in [-0.25, -0.2) is 4.79 Å². The number of hydrogen-bond donors (Lipinski definition) is 3. The van der Waals surface area contributed by atoms with Gasteiger partial charge in [0.1, 0.15) is 5.00 Å². The average Bonchev–Trinajstić information content (AvgIpc) is 2.90. The van der Waals surface area contributed by atoms with Crippen LogP contribution in [0.25, 0.3) is 11.1 Å². The Balaban J connectivity index is 2.46. The molecule has 1 aromatic carbocycles. The zero-order valence-electron chi connectivity index (χ0n) is 15.6. The topological polar surface area (TPSA) is 109 Å². The molecule has 0 aliphatic rings. The van der Waals surface area contributed by atoms with Crippen LogP contribution in [0.15, 0.2) is 35.9 Å². The van der Waals surface area contributed by atoms with E-state index in [0.29, 0.717) is 16.5 Å². The molecule has 0 saturated carbocycles. The van der Waals surface area contributed by atoms with Gasteiger partial charge in [-0.2, -0.15) is 0 Å². The van der Waals surface area contributed by atoms with Crippen molar-refractivity contribution in [3.05, 3.63) is 51.9 Å². The van der Waals surface area contributed by atoms with E-state index >= 15 is 0 Å². The van der Waals surface area contributed by atoms with Gasteiger partial charge in [0.15, 0.2) is 0 Å². The zero-order valence-corrected chi connectivity index (χ0v) is 16.4. The molecule has 2 aromatic rings. The summed E-state index contributed by atoms with van der Waals surface area (Å²) in [6, 6.07) is 7.85. The molecule has 0 atom stereocenters. The third kappa shape index (κ3) is 4.62. The third-order valence-corrected chi connectivity index (χ3v) is 5.14. The molecule has 0 aliphatic carbocycles. The Morgan fingerprint density at radius 2 is 1.78 bits per heavy atom. The van der Waals surface area contributed by atoms with Crippen LogP contribution in [0.5, 0.6) is 0 Å². The quantitative estimate of drug-likeness (QED) is 0.654. The van der Waals surface area contributed by atoms with Crippen molar-refractivity contribution in [1.82, 2.24) is 0 Å². The smallest absolute Gasteiger partial charge is 0.331 e. The summed E-state index contributed by atoms with van der Waals surface area (Å²) >= 11 is 1.23. The predicted molar refractivity (Wildman–Crippen MR) is 107 cm³/mol. The molecule has 4 N–H and O–H groups in total. The summed E-state index contributed by atoms with van der Waals surface area (Å²) in [5, 5.41) is 11.8. The van der Waals surface area contributed by atoms with Crippen LogP contribution in [-0.4, -0.2) is 22.9 Å². The number of aryl methyl sites for hydroxylation is 1. The van der Waals surface area contributed by atoms with Crippen LogP contribution in [0.1, 0.15) is 47.5 Å². The van der Waals surface area contributed by atoms with Crippen LogP contribution >= 0.6 is 11.3 Å². The molecule has 142 valence electrons. The Hall–Kier alpha value is -2.93. The standard InChI is InChI=1S/C20H22N2O4S/c1-10(2)13-5-7-14(8-6-13)16-12(4)27-19(17(16)18(21)24)22-15(23)9-11(3)20(25)26/h5-10H,1-4H3,(H2,21,24)(H,22,23)(H,25,26). The fourth-order valence-corrected chi connectivity index (χ4v) is 3.74. The Morgan fingerprint density at radius 3 is 2.26 bits per heavy atom. The van der Waals surface area contributed by atoms with Crippen LogP contribution in [0.3, 0.4) is 0 Å². The molecular formula is C20H22N2O4S. The Morgan fingerprint density at radius 1 is 1.19 bits per heavy atom. The second-order valence-electron chi connectivity index (χ2n) is 6.50. The number of primary amides is 1. The Bertz CT molecular complexity index is 924. The van der Waals surface area contributed by atoms with E-state index in [1.807, 2.05) is 31.2 Å². The summed E-state index contributed by atoms with van der Waals surface area (Å²) in [6.07, 6.45) is 0.971. The summed E-state index contributed by atoms with van der Waals surface area (Å²) < 4.78 is 0. The second kappa shape index (κ2) is 8.18. The van der Waals surface area contributed by atoms with Crippen molar-refractivity contribution < 1.29 is 19.5 Å². The van der Waals surface area contributed by atoms with Gasteiger partial charge in [-0.15, -0.1) is 11.3 Å². The predicted octanol–water partition coefficient (Wildman–Crippen LogP) is 3.92. The number of carbonyl (C=O) groups excluding carboxylic acids is 2. The summed E-state index contributed by atoms with van der Waals surface area (Å²) in [6.45, 7) is 7.36. The highest BCUT2D eigenvalue weighted by Gasteiger charge is 2.22. The lowest BCUT2D eigenvalue weighted by Crippen LogP contribution is -2.16. The number of carboxylic acid groups (broad SMARTS) is 1. The van der Waals surface area contributed by atoms with Crippen LogP contribution in [0.2, 0.25) is 0 Å². The molecular weight excluding hydrogens is 364 g/mol. The zero-order chi connectivity index (χ0) is 20.3. The molecule has 0 saturated heterocycles. The van der Waals surface area contributed by atoms with E-state index in [1.54, 1.807) is 0 Å². The number of amides is 2. The largest absolute Gasteiger partial charge is 0.478 e. The summed E-state index contributed by atoms with van der Waals surface area (Å²) in [5.41, 5.74) is 8.38. The molecule has 0 radical (unpaired) electrons. The van der Waals surface area contributed by atoms with Gasteiger partial charge >= 0.3 is 5.97 Å². The normalized spacial score (nSPS) is 11.5. The van der Waals surface area contributed by atoms with Crippen molar-refractivity contribution in [3.8, 4) is 11.1 Å². The third-order valence-electron chi connectivity index (χ3n) is 4.12. The van der Waals surface area contributed by atoms with Crippen LogP contribution in [-0.2, 0) is 9.59 Å². The van der Waals surface area contributed by atoms with Crippen molar-refractivity contribution in [2.45, 2.75) is 33.6 Å². The van der Waals surface area contributed by atoms with Gasteiger partial charge in [-0.3, -0.25) is 9.59 Å². The molecule has 0 unspecified atom stereocenters. The SMILES string of the molecule is CC(=CC(=O)Nc1sc(C)c(-c2ccc(C(C)C)cc2)c1C(N)=O)C(=O)O. The number of carboxylic acids is 1. The highest BCUT2D eigenvalue weighted by atomic mass is 32.1. The van der Waals surface area contributed by atoms with Crippen LogP contribution < -0.4 is 11.1 Å². The molecule has 1 aromatic heterocycles. The highest BCUT2D eigenvalue weighted by Crippen LogP contribution is 2.40. The van der Waals surface area contributed by atoms with Crippen molar-refractivity contribution in [3.63, 3.8) is 0 Å². The number of nitrogens with one attached hydrogen (secondary N) is 1. The minimum Gasteiger partial charge on any atom is -0.478 e. The Kier molecular flexibility index (Phi) is 6.17. The number of thiophene rings is 1. The molecule has 6 nitrogen and oxygen atoms in total. The lowest BCUT2D eigenvalue weighted by Gasteiger charge is -2.09. The number of anilines is 1. The average molecular weight is 386 g/mol. The van der Waals surface area contributed by atoms with Gasteiger partial charge in [-0.1, -0.05) is 38.1 Å². The van der Waals surface area contributed by atoms with Gasteiger partial charge in [0.25, 0.3) is 5.91 Å². The molecule has 0 spiro atoms. The monoisotopic (exact) mass is 386 g/mol. The first-order valence-corrected chi connectivity index (χ1v) is 9.19. The van der Waals surface area contributed by atoms with Crippen molar-refractivity contribution in [2.75, 3.05) is 5.32 Å². The fraction of sp³-hybridized carbons (Fsp3) is 0.250. The number of hydrogen-bond acceptors (Lipinski definition) is 4. The second-order valence-corrected chi connectivity index (χ2v) is 7.72.